The largest absolute Gasteiger partial charge is 0.241 e. The molecule has 0 N–H and O–H groups in total. The van der Waals surface area contributed by atoms with E-state index in [2.05, 4.69) is 0 Å². The highest BCUT2D eigenvalue weighted by Gasteiger charge is 2.53. The summed E-state index contributed by atoms with van der Waals surface area (Å²) in [5.74, 6) is 0. The van der Waals surface area contributed by atoms with Gasteiger partial charge in [-0.25, -0.2) is 17.6 Å². The number of rotatable bonds is 0. The molecule has 0 saturated heterocycles. The SMILES string of the molecule is Cl.Cl.FC1C(F)C(F)C1F. The molecule has 10 heavy (non-hydrogen) atoms. The quantitative estimate of drug-likeness (QED) is 0.527. The summed E-state index contributed by atoms with van der Waals surface area (Å²) >= 11 is 0. The van der Waals surface area contributed by atoms with Crippen LogP contribution in [0.4, 0.5) is 17.6 Å². The maximum Gasteiger partial charge on any atom is 0.168 e. The third-order valence-corrected chi connectivity index (χ3v) is 1.22. The average Bonchev–Trinajstić information content (AvgIpc) is 1.83. The van der Waals surface area contributed by atoms with Crippen LogP contribution >= 0.6 is 24.8 Å². The standard InChI is InChI=1S/C4H4F4.2ClH/c5-1-2(6)4(8)3(1)7;;/h1-4H;2*1H. The van der Waals surface area contributed by atoms with E-state index in [1.807, 2.05) is 0 Å². The molecule has 0 heterocycles. The molecule has 0 unspecified atom stereocenters. The maximum atomic E-state index is 11.6. The number of hydrogen-bond acceptors (Lipinski definition) is 0. The van der Waals surface area contributed by atoms with Crippen molar-refractivity contribution in [2.45, 2.75) is 24.7 Å². The van der Waals surface area contributed by atoms with Crippen molar-refractivity contribution in [3.05, 3.63) is 0 Å². The van der Waals surface area contributed by atoms with E-state index in [4.69, 9.17) is 0 Å². The van der Waals surface area contributed by atoms with Gasteiger partial charge in [-0.3, -0.25) is 0 Å². The van der Waals surface area contributed by atoms with Crippen molar-refractivity contribution in [2.24, 2.45) is 0 Å². The molecule has 1 aliphatic carbocycles. The molecule has 1 aliphatic rings. The van der Waals surface area contributed by atoms with Gasteiger partial charge in [0.25, 0.3) is 0 Å². The summed E-state index contributed by atoms with van der Waals surface area (Å²) in [6, 6.07) is 0. The van der Waals surface area contributed by atoms with Crippen LogP contribution in [-0.2, 0) is 0 Å². The van der Waals surface area contributed by atoms with Crippen LogP contribution in [0.15, 0.2) is 0 Å². The minimum absolute atomic E-state index is 0. The molecule has 1 rings (SSSR count). The molecule has 0 aromatic rings. The average molecular weight is 201 g/mol. The Hall–Kier alpha value is 0.300. The highest BCUT2D eigenvalue weighted by atomic mass is 35.5. The molecule has 0 aliphatic heterocycles. The molecule has 0 bridgehead atoms. The van der Waals surface area contributed by atoms with E-state index in [1.165, 1.54) is 0 Å². The zero-order valence-corrected chi connectivity index (χ0v) is 6.27. The molecule has 0 nitrogen and oxygen atoms in total. The van der Waals surface area contributed by atoms with E-state index in [0.29, 0.717) is 0 Å². The molecule has 0 radical (unpaired) electrons. The molecule has 0 spiro atoms. The normalized spacial score (nSPS) is 44.4. The van der Waals surface area contributed by atoms with Crippen LogP contribution in [-0.4, -0.2) is 24.7 Å². The van der Waals surface area contributed by atoms with Crippen molar-refractivity contribution in [1.29, 1.82) is 0 Å². The fourth-order valence-electron chi connectivity index (χ4n) is 0.557. The van der Waals surface area contributed by atoms with Gasteiger partial charge in [-0.2, -0.15) is 0 Å². The summed E-state index contributed by atoms with van der Waals surface area (Å²) in [5, 5.41) is 0. The third kappa shape index (κ3) is 1.66. The Morgan fingerprint density at radius 1 is 0.500 bits per heavy atom. The second-order valence-electron chi connectivity index (χ2n) is 1.78. The highest BCUT2D eigenvalue weighted by Crippen LogP contribution is 2.32. The van der Waals surface area contributed by atoms with Crippen LogP contribution in [0.5, 0.6) is 0 Å². The van der Waals surface area contributed by atoms with Crippen molar-refractivity contribution < 1.29 is 17.6 Å². The summed E-state index contributed by atoms with van der Waals surface area (Å²) in [5.41, 5.74) is 0. The number of hydrogen-bond donors (Lipinski definition) is 0. The van der Waals surface area contributed by atoms with Crippen LogP contribution in [0.25, 0.3) is 0 Å². The Balaban J connectivity index is 0. The van der Waals surface area contributed by atoms with Gasteiger partial charge in [0.15, 0.2) is 24.7 Å². The minimum atomic E-state index is -2.23. The second-order valence-corrected chi connectivity index (χ2v) is 1.78. The molecule has 6 heteroatoms. The van der Waals surface area contributed by atoms with E-state index in [9.17, 15) is 17.6 Å². The monoisotopic (exact) mass is 200 g/mol. The number of alkyl halides is 4. The third-order valence-electron chi connectivity index (χ3n) is 1.22. The van der Waals surface area contributed by atoms with Gasteiger partial charge < -0.3 is 0 Å². The zero-order chi connectivity index (χ0) is 6.31. The highest BCUT2D eigenvalue weighted by molar-refractivity contribution is 5.85. The first kappa shape index (κ1) is 12.9. The lowest BCUT2D eigenvalue weighted by Gasteiger charge is -2.31. The van der Waals surface area contributed by atoms with Crippen LogP contribution in [0, 0.1) is 0 Å². The van der Waals surface area contributed by atoms with Crippen LogP contribution in [0.1, 0.15) is 0 Å². The predicted molar refractivity (Wildman–Crippen MR) is 34.1 cm³/mol. The van der Waals surface area contributed by atoms with Crippen LogP contribution in [0.2, 0.25) is 0 Å². The Morgan fingerprint density at radius 2 is 0.600 bits per heavy atom. The lowest BCUT2D eigenvalue weighted by Crippen LogP contribution is -2.54. The fraction of sp³-hybridized carbons (Fsp3) is 1.00. The topological polar surface area (TPSA) is 0 Å². The Bertz CT molecular complexity index is 69.3. The minimum Gasteiger partial charge on any atom is -0.241 e. The Morgan fingerprint density at radius 3 is 0.700 bits per heavy atom. The van der Waals surface area contributed by atoms with E-state index in [-0.39, 0.29) is 24.8 Å². The first-order chi connectivity index (χ1) is 3.64. The summed E-state index contributed by atoms with van der Waals surface area (Å²) in [6.07, 6.45) is -8.93. The van der Waals surface area contributed by atoms with E-state index in [0.717, 1.165) is 0 Å². The van der Waals surface area contributed by atoms with Gasteiger partial charge in [0, 0.05) is 0 Å². The van der Waals surface area contributed by atoms with E-state index in [1.54, 1.807) is 0 Å². The fourth-order valence-corrected chi connectivity index (χ4v) is 0.557. The summed E-state index contributed by atoms with van der Waals surface area (Å²) < 4.78 is 46.3. The Labute approximate surface area is 67.8 Å². The predicted octanol–water partition coefficient (Wildman–Crippen LogP) is 2.20. The lowest BCUT2D eigenvalue weighted by atomic mass is 9.90. The molecule has 1 fully saturated rings. The molecular weight excluding hydrogens is 195 g/mol. The van der Waals surface area contributed by atoms with Gasteiger partial charge >= 0.3 is 0 Å². The first-order valence-corrected chi connectivity index (χ1v) is 2.21. The molecule has 0 amide bonds. The maximum absolute atomic E-state index is 11.6. The van der Waals surface area contributed by atoms with E-state index < -0.39 is 24.7 Å². The molecule has 1 saturated carbocycles. The number of halogens is 6. The summed E-state index contributed by atoms with van der Waals surface area (Å²) in [7, 11) is 0. The molecule has 64 valence electrons. The summed E-state index contributed by atoms with van der Waals surface area (Å²) in [6.45, 7) is 0. The van der Waals surface area contributed by atoms with Gasteiger partial charge in [-0.05, 0) is 0 Å². The van der Waals surface area contributed by atoms with Crippen LogP contribution in [0.3, 0.4) is 0 Å². The second kappa shape index (κ2) is 4.23. The van der Waals surface area contributed by atoms with Crippen molar-refractivity contribution in [3.8, 4) is 0 Å². The Kier molecular flexibility index (Phi) is 5.48. The van der Waals surface area contributed by atoms with Crippen LogP contribution < -0.4 is 0 Å². The van der Waals surface area contributed by atoms with Crippen molar-refractivity contribution >= 4 is 24.8 Å². The smallest absolute Gasteiger partial charge is 0.168 e. The van der Waals surface area contributed by atoms with E-state index >= 15 is 0 Å². The van der Waals surface area contributed by atoms with Crippen molar-refractivity contribution in [1.82, 2.24) is 0 Å². The zero-order valence-electron chi connectivity index (χ0n) is 4.64. The van der Waals surface area contributed by atoms with Gasteiger partial charge in [0.1, 0.15) is 0 Å². The molecule has 0 aromatic heterocycles. The molecule has 0 atom stereocenters. The first-order valence-electron chi connectivity index (χ1n) is 2.21. The van der Waals surface area contributed by atoms with Gasteiger partial charge in [0.05, 0.1) is 0 Å². The molecule has 0 aromatic carbocycles. The van der Waals surface area contributed by atoms with Gasteiger partial charge in [-0.15, -0.1) is 24.8 Å². The molecular formula is C4H6Cl2F4. The van der Waals surface area contributed by atoms with Crippen molar-refractivity contribution in [2.75, 3.05) is 0 Å². The lowest BCUT2D eigenvalue weighted by molar-refractivity contribution is -0.0969. The van der Waals surface area contributed by atoms with Gasteiger partial charge in [0.2, 0.25) is 0 Å². The van der Waals surface area contributed by atoms with Gasteiger partial charge in [-0.1, -0.05) is 0 Å². The van der Waals surface area contributed by atoms with Crippen molar-refractivity contribution in [3.63, 3.8) is 0 Å². The summed E-state index contributed by atoms with van der Waals surface area (Å²) in [4.78, 5) is 0.